The molecule has 1 aromatic heterocycles. The number of hydrogen-bond donors (Lipinski definition) is 2. The minimum atomic E-state index is -2.68. The second-order valence-corrected chi connectivity index (χ2v) is 8.39. The first-order chi connectivity index (χ1) is 16.3. The van der Waals surface area contributed by atoms with Gasteiger partial charge in [0, 0.05) is 48.9 Å². The molecule has 2 N–H and O–H groups in total. The molecule has 1 saturated heterocycles. The van der Waals surface area contributed by atoms with Gasteiger partial charge in [0.25, 0.3) is 5.92 Å². The van der Waals surface area contributed by atoms with Crippen LogP contribution in [0.3, 0.4) is 0 Å². The Hall–Kier alpha value is -2.47. The van der Waals surface area contributed by atoms with Crippen molar-refractivity contribution in [1.82, 2.24) is 15.2 Å². The highest BCUT2D eigenvalue weighted by atomic mass is 35.5. The van der Waals surface area contributed by atoms with Gasteiger partial charge in [0.1, 0.15) is 5.82 Å². The number of carbonyl (C=O) groups excluding carboxylic acids is 1. The standard InChI is InChI=1S/C15H18F2N4O2S.C6H4ClF.CH4O/c1-2-23-14(22)10-7-19-12(13-18-4-6-24-13)20-11(10)8-21-5-3-15(16,17)9-21;7-5-2-1-3-6(8)4-5;1-2/h4,6H,2-3,5,7-9H2,1H3,(H,19,20);1-4H;2H,1H3. The lowest BCUT2D eigenvalue weighted by Gasteiger charge is -2.24. The lowest BCUT2D eigenvalue weighted by molar-refractivity contribution is -0.138. The smallest absolute Gasteiger partial charge is 0.337 e. The van der Waals surface area contributed by atoms with Gasteiger partial charge in [-0.05, 0) is 25.1 Å². The number of ether oxygens (including phenoxy) is 1. The number of nitrogens with one attached hydrogen (secondary N) is 1. The Balaban J connectivity index is 0.000000343. The van der Waals surface area contributed by atoms with E-state index in [9.17, 15) is 18.0 Å². The van der Waals surface area contributed by atoms with Gasteiger partial charge in [-0.2, -0.15) is 0 Å². The highest BCUT2D eigenvalue weighted by molar-refractivity contribution is 7.11. The number of likely N-dealkylation sites (tertiary alicyclic amines) is 1. The van der Waals surface area contributed by atoms with Gasteiger partial charge >= 0.3 is 5.97 Å². The van der Waals surface area contributed by atoms with Gasteiger partial charge in [0.15, 0.2) is 10.8 Å². The molecule has 7 nitrogen and oxygen atoms in total. The van der Waals surface area contributed by atoms with Crippen molar-refractivity contribution in [3.8, 4) is 0 Å². The monoisotopic (exact) mass is 518 g/mol. The maximum absolute atomic E-state index is 13.4. The van der Waals surface area contributed by atoms with Gasteiger partial charge in [0.05, 0.1) is 25.3 Å². The molecule has 0 radical (unpaired) electrons. The third-order valence-electron chi connectivity index (χ3n) is 4.60. The number of halogens is 4. The van der Waals surface area contributed by atoms with Crippen LogP contribution in [0.4, 0.5) is 13.2 Å². The van der Waals surface area contributed by atoms with Crippen molar-refractivity contribution in [3.63, 3.8) is 0 Å². The molecule has 2 aliphatic heterocycles. The van der Waals surface area contributed by atoms with Crippen molar-refractivity contribution in [2.75, 3.05) is 39.9 Å². The van der Waals surface area contributed by atoms with Crippen molar-refractivity contribution in [2.24, 2.45) is 4.99 Å². The summed E-state index contributed by atoms with van der Waals surface area (Å²) in [6, 6.07) is 5.82. The number of hydrogen-bond acceptors (Lipinski definition) is 8. The van der Waals surface area contributed by atoms with Gasteiger partial charge in [-0.3, -0.25) is 9.89 Å². The van der Waals surface area contributed by atoms with E-state index in [2.05, 4.69) is 15.3 Å². The zero-order valence-electron chi connectivity index (χ0n) is 18.7. The molecule has 3 heterocycles. The van der Waals surface area contributed by atoms with E-state index < -0.39 is 11.9 Å². The van der Waals surface area contributed by atoms with E-state index in [1.54, 1.807) is 30.2 Å². The SMILES string of the molecule is CCOC(=O)C1=C(CN2CCC(F)(F)C2)NC(c2nccs2)=NC1.CO.Fc1cccc(Cl)c1. The van der Waals surface area contributed by atoms with E-state index in [4.69, 9.17) is 21.4 Å². The Morgan fingerprint density at radius 3 is 2.68 bits per heavy atom. The number of aliphatic imine (C=N–C) groups is 1. The number of alkyl halides is 2. The molecule has 0 amide bonds. The molecule has 2 aliphatic rings. The summed E-state index contributed by atoms with van der Waals surface area (Å²) in [6.45, 7) is 2.34. The topological polar surface area (TPSA) is 87.0 Å². The maximum atomic E-state index is 13.4. The van der Waals surface area contributed by atoms with Crippen LogP contribution >= 0.6 is 22.9 Å². The quantitative estimate of drug-likeness (QED) is 0.586. The van der Waals surface area contributed by atoms with Crippen molar-refractivity contribution in [1.29, 1.82) is 0 Å². The van der Waals surface area contributed by atoms with Crippen LogP contribution in [0.2, 0.25) is 5.02 Å². The highest BCUT2D eigenvalue weighted by Crippen LogP contribution is 2.28. The average Bonchev–Trinajstić information content (AvgIpc) is 3.45. The third-order valence-corrected chi connectivity index (χ3v) is 5.62. The van der Waals surface area contributed by atoms with Crippen molar-refractivity contribution in [3.05, 3.63) is 63.0 Å². The second-order valence-electron chi connectivity index (χ2n) is 7.06. The van der Waals surface area contributed by atoms with E-state index in [1.807, 2.05) is 5.38 Å². The highest BCUT2D eigenvalue weighted by Gasteiger charge is 2.39. The van der Waals surface area contributed by atoms with Crippen molar-refractivity contribution < 1.29 is 27.8 Å². The number of rotatable bonds is 5. The number of aliphatic hydroxyl groups is 1. The largest absolute Gasteiger partial charge is 0.463 e. The van der Waals surface area contributed by atoms with Crippen molar-refractivity contribution in [2.45, 2.75) is 19.3 Å². The van der Waals surface area contributed by atoms with Gasteiger partial charge in [0.2, 0.25) is 0 Å². The van der Waals surface area contributed by atoms with Gasteiger partial charge in [-0.1, -0.05) is 17.7 Å². The summed E-state index contributed by atoms with van der Waals surface area (Å²) in [7, 11) is 1.00. The molecule has 2 aromatic rings. The van der Waals surface area contributed by atoms with Gasteiger partial charge < -0.3 is 15.2 Å². The Labute approximate surface area is 204 Å². The van der Waals surface area contributed by atoms with Gasteiger partial charge in [-0.15, -0.1) is 11.3 Å². The predicted octanol–water partition coefficient (Wildman–Crippen LogP) is 3.74. The van der Waals surface area contributed by atoms with Crippen LogP contribution in [-0.2, 0) is 9.53 Å². The molecule has 0 aliphatic carbocycles. The molecule has 12 heteroatoms. The summed E-state index contributed by atoms with van der Waals surface area (Å²) in [4.78, 5) is 22.3. The van der Waals surface area contributed by atoms with E-state index in [0.29, 0.717) is 27.1 Å². The molecular formula is C22H26ClF3N4O3S. The number of amidine groups is 1. The first kappa shape index (κ1) is 27.8. The van der Waals surface area contributed by atoms with Crippen LogP contribution in [0.15, 0.2) is 52.1 Å². The number of aliphatic hydroxyl groups excluding tert-OH is 1. The minimum absolute atomic E-state index is 0.153. The fraction of sp³-hybridized carbons (Fsp3) is 0.409. The van der Waals surface area contributed by atoms with Crippen LogP contribution in [0, 0.1) is 5.82 Å². The molecule has 1 aromatic carbocycles. The summed E-state index contributed by atoms with van der Waals surface area (Å²) < 4.78 is 44.0. The van der Waals surface area contributed by atoms with Crippen LogP contribution in [0.25, 0.3) is 0 Å². The number of carbonyl (C=O) groups is 1. The number of nitrogens with zero attached hydrogens (tertiary/aromatic N) is 3. The first-order valence-corrected chi connectivity index (χ1v) is 11.6. The van der Waals surface area contributed by atoms with E-state index in [0.717, 1.165) is 7.11 Å². The molecule has 0 saturated carbocycles. The van der Waals surface area contributed by atoms with Crippen LogP contribution < -0.4 is 5.32 Å². The Kier molecular flexibility index (Phi) is 11.0. The zero-order valence-corrected chi connectivity index (χ0v) is 20.3. The summed E-state index contributed by atoms with van der Waals surface area (Å²) in [6.07, 6.45) is 1.50. The molecule has 34 heavy (non-hydrogen) atoms. The molecule has 0 atom stereocenters. The molecule has 4 rings (SSSR count). The van der Waals surface area contributed by atoms with E-state index in [1.165, 1.54) is 23.5 Å². The number of aromatic nitrogens is 1. The molecule has 186 valence electrons. The van der Waals surface area contributed by atoms with Gasteiger partial charge in [-0.25, -0.2) is 22.9 Å². The molecule has 0 unspecified atom stereocenters. The average molecular weight is 519 g/mol. The maximum Gasteiger partial charge on any atom is 0.337 e. The van der Waals surface area contributed by atoms with E-state index >= 15 is 0 Å². The number of esters is 1. The Bertz CT molecular complexity index is 986. The number of thiazole rings is 1. The van der Waals surface area contributed by atoms with Crippen LogP contribution in [-0.4, -0.2) is 72.6 Å². The van der Waals surface area contributed by atoms with Crippen molar-refractivity contribution >= 4 is 34.7 Å². The Morgan fingerprint density at radius 2 is 2.15 bits per heavy atom. The minimum Gasteiger partial charge on any atom is -0.463 e. The molecule has 0 bridgehead atoms. The fourth-order valence-corrected chi connectivity index (χ4v) is 3.92. The van der Waals surface area contributed by atoms with Crippen LogP contribution in [0.5, 0.6) is 0 Å². The summed E-state index contributed by atoms with van der Waals surface area (Å²) in [5.41, 5.74) is 0.943. The fourth-order valence-electron chi connectivity index (χ4n) is 3.14. The summed E-state index contributed by atoms with van der Waals surface area (Å²) in [5, 5.41) is 13.0. The van der Waals surface area contributed by atoms with Crippen LogP contribution in [0.1, 0.15) is 18.4 Å². The lowest BCUT2D eigenvalue weighted by Crippen LogP contribution is -2.38. The Morgan fingerprint density at radius 1 is 1.38 bits per heavy atom. The first-order valence-electron chi connectivity index (χ1n) is 10.3. The lowest BCUT2D eigenvalue weighted by atomic mass is 10.1. The molecule has 0 spiro atoms. The summed E-state index contributed by atoms with van der Waals surface area (Å²) >= 11 is 6.82. The normalized spacial score (nSPS) is 17.0. The second kappa shape index (κ2) is 13.4. The molecular weight excluding hydrogens is 493 g/mol. The third kappa shape index (κ3) is 8.39. The number of benzene rings is 1. The summed E-state index contributed by atoms with van der Waals surface area (Å²) in [5.74, 6) is -2.88. The zero-order chi connectivity index (χ0) is 25.1. The van der Waals surface area contributed by atoms with E-state index in [-0.39, 0.29) is 45.0 Å². The predicted molar refractivity (Wildman–Crippen MR) is 126 cm³/mol. The molecule has 1 fully saturated rings.